The summed E-state index contributed by atoms with van der Waals surface area (Å²) in [7, 11) is 0. The highest BCUT2D eigenvalue weighted by Gasteiger charge is 2.18. The van der Waals surface area contributed by atoms with Crippen LogP contribution in [0.25, 0.3) is 0 Å². The molecule has 1 aliphatic rings. The summed E-state index contributed by atoms with van der Waals surface area (Å²) in [4.78, 5) is 2.28. The van der Waals surface area contributed by atoms with Crippen LogP contribution >= 0.6 is 0 Å². The quantitative estimate of drug-likeness (QED) is 0.600. The van der Waals surface area contributed by atoms with Crippen molar-refractivity contribution in [1.29, 1.82) is 0 Å². The van der Waals surface area contributed by atoms with Gasteiger partial charge in [0.2, 0.25) is 0 Å². The Balaban J connectivity index is 2.54. The number of rotatable bonds is 2. The van der Waals surface area contributed by atoms with Crippen molar-refractivity contribution in [2.24, 2.45) is 5.73 Å². The van der Waals surface area contributed by atoms with Crippen LogP contribution in [-0.4, -0.2) is 24.0 Å². The first-order valence-electron chi connectivity index (χ1n) is 4.07. The van der Waals surface area contributed by atoms with Gasteiger partial charge in [-0.3, -0.25) is 0 Å². The molecule has 62 valence electrons. The van der Waals surface area contributed by atoms with E-state index in [4.69, 9.17) is 5.73 Å². The van der Waals surface area contributed by atoms with Crippen LogP contribution in [-0.2, 0) is 0 Å². The summed E-state index contributed by atoms with van der Waals surface area (Å²) in [5, 5.41) is 0. The number of hydrogen-bond acceptors (Lipinski definition) is 2. The predicted molar refractivity (Wildman–Crippen MR) is 48.1 cm³/mol. The van der Waals surface area contributed by atoms with Crippen LogP contribution in [0.2, 0.25) is 0 Å². The summed E-state index contributed by atoms with van der Waals surface area (Å²) in [6.07, 6.45) is 5.06. The van der Waals surface area contributed by atoms with Gasteiger partial charge in [0.25, 0.3) is 0 Å². The lowest BCUT2D eigenvalue weighted by molar-refractivity contribution is 0.433. The summed E-state index contributed by atoms with van der Waals surface area (Å²) in [6, 6.07) is 0.352. The van der Waals surface area contributed by atoms with Gasteiger partial charge < -0.3 is 10.6 Å². The molecule has 0 aromatic rings. The molecule has 0 spiro atoms. The molecule has 2 N–H and O–H groups in total. The average molecular weight is 152 g/mol. The van der Waals surface area contributed by atoms with Crippen molar-refractivity contribution >= 4 is 0 Å². The highest BCUT2D eigenvalue weighted by molar-refractivity contribution is 5.15. The van der Waals surface area contributed by atoms with Gasteiger partial charge in [-0.15, -0.1) is 0 Å². The third-order valence-electron chi connectivity index (χ3n) is 2.09. The third-order valence-corrected chi connectivity index (χ3v) is 2.09. The van der Waals surface area contributed by atoms with Crippen LogP contribution in [0, 0.1) is 0 Å². The molecule has 0 aromatic carbocycles. The minimum Gasteiger partial charge on any atom is -0.370 e. The molecule has 0 amide bonds. The molecule has 0 saturated carbocycles. The first-order chi connectivity index (χ1) is 5.27. The Kier molecular flexibility index (Phi) is 2.71. The van der Waals surface area contributed by atoms with Crippen LogP contribution in [0.4, 0.5) is 0 Å². The van der Waals surface area contributed by atoms with Crippen LogP contribution in [0.5, 0.6) is 0 Å². The molecular formula is C9H16N2. The number of nitrogens with zero attached hydrogens (tertiary/aromatic N) is 1. The van der Waals surface area contributed by atoms with Crippen molar-refractivity contribution in [1.82, 2.24) is 4.90 Å². The SMILES string of the molecule is C=C/C(=C\C)N1CC[C@@H](N)C1. The summed E-state index contributed by atoms with van der Waals surface area (Å²) in [5.41, 5.74) is 6.98. The summed E-state index contributed by atoms with van der Waals surface area (Å²) in [6.45, 7) is 7.83. The van der Waals surface area contributed by atoms with Crippen LogP contribution < -0.4 is 5.73 Å². The van der Waals surface area contributed by atoms with Crippen molar-refractivity contribution in [3.8, 4) is 0 Å². The van der Waals surface area contributed by atoms with Gasteiger partial charge in [-0.2, -0.15) is 0 Å². The Morgan fingerprint density at radius 1 is 1.73 bits per heavy atom. The fourth-order valence-electron chi connectivity index (χ4n) is 1.45. The van der Waals surface area contributed by atoms with Crippen molar-refractivity contribution < 1.29 is 0 Å². The molecular weight excluding hydrogens is 136 g/mol. The van der Waals surface area contributed by atoms with Crippen molar-refractivity contribution in [3.63, 3.8) is 0 Å². The fourth-order valence-corrected chi connectivity index (χ4v) is 1.45. The molecule has 0 radical (unpaired) electrons. The van der Waals surface area contributed by atoms with Gasteiger partial charge in [0, 0.05) is 24.8 Å². The van der Waals surface area contributed by atoms with Gasteiger partial charge in [0.15, 0.2) is 0 Å². The van der Waals surface area contributed by atoms with E-state index in [1.54, 1.807) is 0 Å². The molecule has 1 fully saturated rings. The molecule has 0 aromatic heterocycles. The van der Waals surface area contributed by atoms with E-state index in [-0.39, 0.29) is 0 Å². The lowest BCUT2D eigenvalue weighted by Crippen LogP contribution is -2.25. The van der Waals surface area contributed by atoms with E-state index in [0.717, 1.165) is 19.5 Å². The molecule has 2 nitrogen and oxygen atoms in total. The Morgan fingerprint density at radius 3 is 2.82 bits per heavy atom. The maximum Gasteiger partial charge on any atom is 0.0330 e. The molecule has 0 bridgehead atoms. The Bertz CT molecular complexity index is 172. The molecule has 1 aliphatic heterocycles. The molecule has 1 rings (SSSR count). The maximum atomic E-state index is 5.77. The van der Waals surface area contributed by atoms with Gasteiger partial charge in [0.1, 0.15) is 0 Å². The standard InChI is InChI=1S/C9H16N2/c1-3-9(4-2)11-6-5-8(10)7-11/h3-4,8H,1,5-7,10H2,2H3/b9-4+/t8-/m1/s1. The van der Waals surface area contributed by atoms with Crippen molar-refractivity contribution in [2.75, 3.05) is 13.1 Å². The molecule has 0 aliphatic carbocycles. The number of likely N-dealkylation sites (tertiary alicyclic amines) is 1. The topological polar surface area (TPSA) is 29.3 Å². The summed E-state index contributed by atoms with van der Waals surface area (Å²) in [5.74, 6) is 0. The lowest BCUT2D eigenvalue weighted by Gasteiger charge is -2.18. The molecule has 1 atom stereocenters. The number of allylic oxidation sites excluding steroid dienone is 2. The molecule has 1 heterocycles. The molecule has 0 unspecified atom stereocenters. The van der Waals surface area contributed by atoms with E-state index < -0.39 is 0 Å². The van der Waals surface area contributed by atoms with Gasteiger partial charge in [0.05, 0.1) is 0 Å². The first-order valence-corrected chi connectivity index (χ1v) is 4.07. The lowest BCUT2D eigenvalue weighted by atomic mass is 10.3. The Hall–Kier alpha value is -0.760. The van der Waals surface area contributed by atoms with Gasteiger partial charge in [-0.25, -0.2) is 0 Å². The Morgan fingerprint density at radius 2 is 2.45 bits per heavy atom. The summed E-state index contributed by atoms with van der Waals surface area (Å²) >= 11 is 0. The smallest absolute Gasteiger partial charge is 0.0330 e. The highest BCUT2D eigenvalue weighted by atomic mass is 15.2. The minimum absolute atomic E-state index is 0.352. The van der Waals surface area contributed by atoms with E-state index in [2.05, 4.69) is 17.6 Å². The fraction of sp³-hybridized carbons (Fsp3) is 0.556. The zero-order valence-electron chi connectivity index (χ0n) is 7.09. The normalized spacial score (nSPS) is 25.8. The van der Waals surface area contributed by atoms with Crippen LogP contribution in [0.3, 0.4) is 0 Å². The molecule has 11 heavy (non-hydrogen) atoms. The van der Waals surface area contributed by atoms with E-state index in [1.807, 2.05) is 13.0 Å². The predicted octanol–water partition coefficient (Wildman–Crippen LogP) is 1.11. The van der Waals surface area contributed by atoms with E-state index in [1.165, 1.54) is 5.70 Å². The van der Waals surface area contributed by atoms with Gasteiger partial charge >= 0.3 is 0 Å². The van der Waals surface area contributed by atoms with Crippen LogP contribution in [0.15, 0.2) is 24.4 Å². The van der Waals surface area contributed by atoms with Crippen molar-refractivity contribution in [2.45, 2.75) is 19.4 Å². The van der Waals surface area contributed by atoms with Gasteiger partial charge in [-0.1, -0.05) is 12.7 Å². The molecule has 1 saturated heterocycles. The monoisotopic (exact) mass is 152 g/mol. The first kappa shape index (κ1) is 8.34. The third kappa shape index (κ3) is 1.84. The van der Waals surface area contributed by atoms with Gasteiger partial charge in [-0.05, 0) is 19.4 Å². The molecule has 2 heteroatoms. The zero-order valence-corrected chi connectivity index (χ0v) is 7.09. The summed E-state index contributed by atoms with van der Waals surface area (Å²) < 4.78 is 0. The highest BCUT2D eigenvalue weighted by Crippen LogP contribution is 2.14. The van der Waals surface area contributed by atoms with Crippen molar-refractivity contribution in [3.05, 3.63) is 24.4 Å². The largest absolute Gasteiger partial charge is 0.370 e. The number of hydrogen-bond donors (Lipinski definition) is 1. The van der Waals surface area contributed by atoms with E-state index >= 15 is 0 Å². The second-order valence-electron chi connectivity index (χ2n) is 2.91. The Labute approximate surface area is 68.4 Å². The minimum atomic E-state index is 0.352. The number of nitrogens with two attached hydrogens (primary N) is 1. The van der Waals surface area contributed by atoms with E-state index in [9.17, 15) is 0 Å². The second kappa shape index (κ2) is 3.58. The van der Waals surface area contributed by atoms with E-state index in [0.29, 0.717) is 6.04 Å². The second-order valence-corrected chi connectivity index (χ2v) is 2.91. The van der Waals surface area contributed by atoms with Crippen LogP contribution in [0.1, 0.15) is 13.3 Å². The maximum absolute atomic E-state index is 5.77. The zero-order chi connectivity index (χ0) is 8.27. The average Bonchev–Trinajstić information content (AvgIpc) is 2.39.